The van der Waals surface area contributed by atoms with E-state index in [1.807, 2.05) is 0 Å². The molecule has 2 aliphatic heterocycles. The van der Waals surface area contributed by atoms with Crippen molar-refractivity contribution in [2.45, 2.75) is 25.0 Å². The highest BCUT2D eigenvalue weighted by atomic mass is 16.5. The number of nitrogens with two attached hydrogens (primary N) is 1. The fourth-order valence-electron chi connectivity index (χ4n) is 2.35. The molecule has 0 aliphatic carbocycles. The lowest BCUT2D eigenvalue weighted by Gasteiger charge is -2.21. The predicted molar refractivity (Wildman–Crippen MR) is 46.7 cm³/mol. The lowest BCUT2D eigenvalue weighted by molar-refractivity contribution is -0.147. The van der Waals surface area contributed by atoms with Crippen LogP contribution in [0, 0.1) is 11.8 Å². The largest absolute Gasteiger partial charge is 0.481 e. The summed E-state index contributed by atoms with van der Waals surface area (Å²) in [4.78, 5) is 21.8. The van der Waals surface area contributed by atoms with E-state index in [0.29, 0.717) is 0 Å². The van der Waals surface area contributed by atoms with Gasteiger partial charge < -0.3 is 21.7 Å². The molecule has 4 unspecified atom stereocenters. The Morgan fingerprint density at radius 3 is 2.07 bits per heavy atom. The molecule has 0 radical (unpaired) electrons. The van der Waals surface area contributed by atoms with E-state index in [2.05, 4.69) is 0 Å². The molecule has 2 bridgehead atoms. The highest BCUT2D eigenvalue weighted by Gasteiger charge is 2.54. The summed E-state index contributed by atoms with van der Waals surface area (Å²) in [6.45, 7) is 0. The lowest BCUT2D eigenvalue weighted by atomic mass is 9.79. The van der Waals surface area contributed by atoms with Crippen LogP contribution >= 0.6 is 0 Å². The third kappa shape index (κ3) is 1.36. The number of carboxylic acids is 1. The SMILES string of the molecule is N.NC(=O)C1C2CCC(O2)C1C(=O)O. The van der Waals surface area contributed by atoms with E-state index in [-0.39, 0.29) is 18.4 Å². The third-order valence-corrected chi connectivity index (χ3v) is 2.89. The van der Waals surface area contributed by atoms with Crippen LogP contribution < -0.4 is 11.9 Å². The van der Waals surface area contributed by atoms with Crippen LogP contribution in [0.1, 0.15) is 12.8 Å². The molecule has 6 heteroatoms. The van der Waals surface area contributed by atoms with Gasteiger partial charge in [0.2, 0.25) is 5.91 Å². The van der Waals surface area contributed by atoms with Crippen molar-refractivity contribution in [2.75, 3.05) is 0 Å². The van der Waals surface area contributed by atoms with Crippen molar-refractivity contribution in [3.8, 4) is 0 Å². The number of carbonyl (C=O) groups excluding carboxylic acids is 1. The normalized spacial score (nSPS) is 39.1. The molecule has 6 nitrogen and oxygen atoms in total. The van der Waals surface area contributed by atoms with Gasteiger partial charge in [0.25, 0.3) is 0 Å². The summed E-state index contributed by atoms with van der Waals surface area (Å²) in [5, 5.41) is 8.87. The number of carbonyl (C=O) groups is 2. The Morgan fingerprint density at radius 1 is 1.21 bits per heavy atom. The molecular formula is C8H14N2O4. The molecule has 14 heavy (non-hydrogen) atoms. The van der Waals surface area contributed by atoms with E-state index < -0.39 is 23.7 Å². The number of aliphatic carboxylic acids is 1. The van der Waals surface area contributed by atoms with E-state index in [1.165, 1.54) is 0 Å². The number of hydrogen-bond acceptors (Lipinski definition) is 4. The fraction of sp³-hybridized carbons (Fsp3) is 0.750. The Morgan fingerprint density at radius 2 is 1.71 bits per heavy atom. The number of ether oxygens (including phenoxy) is 1. The van der Waals surface area contributed by atoms with Gasteiger partial charge in [-0.1, -0.05) is 0 Å². The van der Waals surface area contributed by atoms with Gasteiger partial charge in [-0.05, 0) is 12.8 Å². The fourth-order valence-corrected chi connectivity index (χ4v) is 2.35. The van der Waals surface area contributed by atoms with E-state index in [4.69, 9.17) is 15.6 Å². The Labute approximate surface area is 81.0 Å². The highest BCUT2D eigenvalue weighted by molar-refractivity contribution is 5.85. The molecular weight excluding hydrogens is 188 g/mol. The number of hydrogen-bond donors (Lipinski definition) is 3. The van der Waals surface area contributed by atoms with Crippen molar-refractivity contribution in [3.05, 3.63) is 0 Å². The molecule has 6 N–H and O–H groups in total. The molecule has 2 aliphatic rings. The van der Waals surface area contributed by atoms with Gasteiger partial charge in [0, 0.05) is 0 Å². The number of amides is 1. The number of primary amides is 1. The van der Waals surface area contributed by atoms with Crippen LogP contribution in [0.25, 0.3) is 0 Å². The van der Waals surface area contributed by atoms with Gasteiger partial charge in [-0.15, -0.1) is 0 Å². The summed E-state index contributed by atoms with van der Waals surface area (Å²) in [6, 6.07) is 0. The number of fused-ring (bicyclic) bond motifs is 2. The van der Waals surface area contributed by atoms with E-state index in [9.17, 15) is 9.59 Å². The maximum absolute atomic E-state index is 11.0. The molecule has 4 atom stereocenters. The van der Waals surface area contributed by atoms with Crippen LogP contribution in [0.3, 0.4) is 0 Å². The van der Waals surface area contributed by atoms with Crippen LogP contribution in [0.5, 0.6) is 0 Å². The van der Waals surface area contributed by atoms with Gasteiger partial charge in [0.05, 0.1) is 24.0 Å². The smallest absolute Gasteiger partial charge is 0.310 e. The first-order valence-electron chi connectivity index (χ1n) is 4.29. The molecule has 0 spiro atoms. The standard InChI is InChI=1S/C8H11NO4.H3N/c9-7(10)5-3-1-2-4(13-3)6(5)8(11)12;/h3-6H,1-2H2,(H2,9,10)(H,11,12);1H3. The summed E-state index contributed by atoms with van der Waals surface area (Å²) < 4.78 is 5.34. The predicted octanol–water partition coefficient (Wildman–Crippen LogP) is -0.488. The minimum absolute atomic E-state index is 0. The van der Waals surface area contributed by atoms with Crippen molar-refractivity contribution in [1.82, 2.24) is 6.15 Å². The summed E-state index contributed by atoms with van der Waals surface area (Å²) in [5.41, 5.74) is 5.13. The molecule has 0 aromatic heterocycles. The Balaban J connectivity index is 0.000000980. The van der Waals surface area contributed by atoms with Crippen molar-refractivity contribution in [2.24, 2.45) is 17.6 Å². The van der Waals surface area contributed by atoms with E-state index in [1.54, 1.807) is 0 Å². The molecule has 2 saturated heterocycles. The molecule has 2 rings (SSSR count). The molecule has 0 saturated carbocycles. The lowest BCUT2D eigenvalue weighted by Crippen LogP contribution is -2.41. The maximum atomic E-state index is 11.0. The zero-order chi connectivity index (χ0) is 9.59. The van der Waals surface area contributed by atoms with Crippen LogP contribution in [-0.2, 0) is 14.3 Å². The highest BCUT2D eigenvalue weighted by Crippen LogP contribution is 2.43. The summed E-state index contributed by atoms with van der Waals surface area (Å²) in [6.07, 6.45) is 0.914. The Bertz CT molecular complexity index is 242. The summed E-state index contributed by atoms with van der Waals surface area (Å²) in [7, 11) is 0. The maximum Gasteiger partial charge on any atom is 0.310 e. The van der Waals surface area contributed by atoms with Crippen LogP contribution in [0.15, 0.2) is 0 Å². The van der Waals surface area contributed by atoms with Crippen molar-refractivity contribution in [3.63, 3.8) is 0 Å². The zero-order valence-corrected chi connectivity index (χ0v) is 7.68. The molecule has 0 aromatic rings. The van der Waals surface area contributed by atoms with Gasteiger partial charge in [0.1, 0.15) is 0 Å². The molecule has 2 fully saturated rings. The second-order valence-electron chi connectivity index (χ2n) is 3.58. The second kappa shape index (κ2) is 3.55. The van der Waals surface area contributed by atoms with Gasteiger partial charge in [-0.2, -0.15) is 0 Å². The van der Waals surface area contributed by atoms with Crippen LogP contribution in [0.4, 0.5) is 0 Å². The zero-order valence-electron chi connectivity index (χ0n) is 7.68. The van der Waals surface area contributed by atoms with Crippen LogP contribution in [0.2, 0.25) is 0 Å². The monoisotopic (exact) mass is 202 g/mol. The molecule has 1 amide bonds. The number of rotatable bonds is 2. The van der Waals surface area contributed by atoms with Gasteiger partial charge in [0.15, 0.2) is 0 Å². The minimum Gasteiger partial charge on any atom is -0.481 e. The molecule has 2 heterocycles. The average molecular weight is 202 g/mol. The van der Waals surface area contributed by atoms with Crippen molar-refractivity contribution in [1.29, 1.82) is 0 Å². The molecule has 0 aromatic carbocycles. The number of carboxylic acid groups (broad SMARTS) is 1. The van der Waals surface area contributed by atoms with E-state index >= 15 is 0 Å². The Kier molecular flexibility index (Phi) is 2.77. The Hall–Kier alpha value is -1.14. The van der Waals surface area contributed by atoms with Gasteiger partial charge >= 0.3 is 5.97 Å². The molecule has 80 valence electrons. The summed E-state index contributed by atoms with van der Waals surface area (Å²) in [5.74, 6) is -2.89. The van der Waals surface area contributed by atoms with Gasteiger partial charge in [-0.25, -0.2) is 0 Å². The minimum atomic E-state index is -0.976. The summed E-state index contributed by atoms with van der Waals surface area (Å²) >= 11 is 0. The second-order valence-corrected chi connectivity index (χ2v) is 3.58. The quantitative estimate of drug-likeness (QED) is 0.557. The van der Waals surface area contributed by atoms with Gasteiger partial charge in [-0.3, -0.25) is 9.59 Å². The first-order chi connectivity index (χ1) is 6.11. The first kappa shape index (κ1) is 10.9. The average Bonchev–Trinajstić information content (AvgIpc) is 2.60. The topological polar surface area (TPSA) is 125 Å². The van der Waals surface area contributed by atoms with Crippen LogP contribution in [-0.4, -0.2) is 29.2 Å². The van der Waals surface area contributed by atoms with E-state index in [0.717, 1.165) is 12.8 Å². The van der Waals surface area contributed by atoms with Crippen molar-refractivity contribution >= 4 is 11.9 Å². The van der Waals surface area contributed by atoms with Crippen molar-refractivity contribution < 1.29 is 19.4 Å². The first-order valence-corrected chi connectivity index (χ1v) is 4.29. The third-order valence-electron chi connectivity index (χ3n) is 2.89.